The van der Waals surface area contributed by atoms with Crippen molar-refractivity contribution in [2.45, 2.75) is 31.5 Å². The molecule has 0 aromatic heterocycles. The van der Waals surface area contributed by atoms with Crippen molar-refractivity contribution in [3.63, 3.8) is 0 Å². The Hall–Kier alpha value is -5.25. The highest BCUT2D eigenvalue weighted by atomic mass is 16.6. The molecule has 2 aromatic rings. The molecule has 0 radical (unpaired) electrons. The third-order valence-corrected chi connectivity index (χ3v) is 5.54. The van der Waals surface area contributed by atoms with Gasteiger partial charge in [0, 0.05) is 18.2 Å². The molecule has 0 aliphatic carbocycles. The van der Waals surface area contributed by atoms with Gasteiger partial charge in [-0.3, -0.25) is 34.1 Å². The summed E-state index contributed by atoms with van der Waals surface area (Å²) in [6.45, 7) is -0.105. The highest BCUT2D eigenvalue weighted by Crippen LogP contribution is 2.26. The molecule has 2 aromatic carbocycles. The number of nitrogen functional groups attached to an aromatic ring is 1. The number of aliphatic hydroxyl groups excluding tert-OH is 1. The second-order valence-corrected chi connectivity index (χ2v) is 8.55. The molecule has 0 saturated carbocycles. The van der Waals surface area contributed by atoms with E-state index in [-0.39, 0.29) is 23.2 Å². The number of benzene rings is 2. The standard InChI is InChI=1S/C24H29N7O9/c1-12(28-24(38)17(11-32)30-23(37)14-4-2-3-5-15(14)25)22(36)27-10-20(34)29-16(21(26)35)8-13-6-7-19(33)18(9-13)31(39)40/h2-7,9,12,16-17,32-33H,8,10-11,25H2,1H3,(H2,26,35)(H,27,36)(H,28,38)(H,29,34)(H,30,37)/t12-,16-,17-/m0/s1. The van der Waals surface area contributed by atoms with E-state index in [4.69, 9.17) is 11.5 Å². The van der Waals surface area contributed by atoms with E-state index >= 15 is 0 Å². The van der Waals surface area contributed by atoms with Crippen molar-refractivity contribution < 1.29 is 39.1 Å². The highest BCUT2D eigenvalue weighted by Gasteiger charge is 2.26. The molecule has 0 heterocycles. The summed E-state index contributed by atoms with van der Waals surface area (Å²) in [6, 6.07) is 5.59. The number of nitrogens with one attached hydrogen (secondary N) is 4. The van der Waals surface area contributed by atoms with Crippen molar-refractivity contribution in [1.29, 1.82) is 0 Å². The van der Waals surface area contributed by atoms with E-state index < -0.39 is 77.2 Å². The number of phenols is 1. The van der Waals surface area contributed by atoms with Crippen molar-refractivity contribution in [3.05, 3.63) is 63.7 Å². The zero-order valence-electron chi connectivity index (χ0n) is 21.2. The lowest BCUT2D eigenvalue weighted by Gasteiger charge is -2.20. The first-order valence-electron chi connectivity index (χ1n) is 11.7. The summed E-state index contributed by atoms with van der Waals surface area (Å²) in [5.74, 6) is -4.76. The Morgan fingerprint density at radius 2 is 1.68 bits per heavy atom. The Labute approximate surface area is 227 Å². The molecule has 10 N–H and O–H groups in total. The molecule has 16 heteroatoms. The molecular weight excluding hydrogens is 530 g/mol. The Morgan fingerprint density at radius 3 is 2.27 bits per heavy atom. The summed E-state index contributed by atoms with van der Waals surface area (Å²) in [7, 11) is 0. The van der Waals surface area contributed by atoms with Crippen LogP contribution in [-0.2, 0) is 25.6 Å². The largest absolute Gasteiger partial charge is 0.502 e. The Bertz CT molecular complexity index is 1300. The second-order valence-electron chi connectivity index (χ2n) is 8.55. The molecule has 0 spiro atoms. The minimum absolute atomic E-state index is 0.0865. The van der Waals surface area contributed by atoms with Gasteiger partial charge in [0.1, 0.15) is 18.1 Å². The normalized spacial score (nSPS) is 12.8. The summed E-state index contributed by atoms with van der Waals surface area (Å²) in [4.78, 5) is 71.5. The maximum Gasteiger partial charge on any atom is 0.310 e. The first kappa shape index (κ1) is 31.0. The van der Waals surface area contributed by atoms with Gasteiger partial charge < -0.3 is 42.9 Å². The van der Waals surface area contributed by atoms with E-state index in [1.807, 2.05) is 0 Å². The van der Waals surface area contributed by atoms with Crippen LogP contribution in [0.1, 0.15) is 22.8 Å². The van der Waals surface area contributed by atoms with Crippen LogP contribution in [0.5, 0.6) is 5.75 Å². The molecule has 0 unspecified atom stereocenters. The Balaban J connectivity index is 1.90. The van der Waals surface area contributed by atoms with Crippen LogP contribution in [0.4, 0.5) is 11.4 Å². The molecule has 0 bridgehead atoms. The van der Waals surface area contributed by atoms with Crippen molar-refractivity contribution in [2.24, 2.45) is 5.73 Å². The fourth-order valence-corrected chi connectivity index (χ4v) is 3.38. The van der Waals surface area contributed by atoms with Crippen molar-refractivity contribution in [1.82, 2.24) is 21.3 Å². The first-order valence-corrected chi connectivity index (χ1v) is 11.7. The summed E-state index contributed by atoms with van der Waals surface area (Å²) >= 11 is 0. The fraction of sp³-hybridized carbons (Fsp3) is 0.292. The third kappa shape index (κ3) is 8.66. The topological polar surface area (TPSA) is 269 Å². The zero-order valence-corrected chi connectivity index (χ0v) is 21.2. The molecule has 0 aliphatic rings. The lowest BCUT2D eigenvalue weighted by atomic mass is 10.0. The van der Waals surface area contributed by atoms with Gasteiger partial charge in [0.25, 0.3) is 5.91 Å². The minimum Gasteiger partial charge on any atom is -0.502 e. The number of nitro groups is 1. The van der Waals surface area contributed by atoms with E-state index in [2.05, 4.69) is 21.3 Å². The number of primary amides is 1. The molecule has 40 heavy (non-hydrogen) atoms. The summed E-state index contributed by atoms with van der Waals surface area (Å²) < 4.78 is 0. The van der Waals surface area contributed by atoms with E-state index in [0.717, 1.165) is 12.1 Å². The SMILES string of the molecule is C[C@H](NC(=O)[C@H](CO)NC(=O)c1ccccc1N)C(=O)NCC(=O)N[C@@H](Cc1ccc(O)c([N+](=O)[O-])c1)C(N)=O. The average Bonchev–Trinajstić information content (AvgIpc) is 2.90. The van der Waals surface area contributed by atoms with Crippen LogP contribution >= 0.6 is 0 Å². The predicted octanol–water partition coefficient (Wildman–Crippen LogP) is -2.19. The maximum atomic E-state index is 12.5. The number of amides is 5. The van der Waals surface area contributed by atoms with Crippen LogP contribution in [0.15, 0.2) is 42.5 Å². The Kier molecular flexibility index (Phi) is 10.9. The van der Waals surface area contributed by atoms with Crippen LogP contribution in [0.3, 0.4) is 0 Å². The van der Waals surface area contributed by atoms with Gasteiger partial charge in [-0.15, -0.1) is 0 Å². The van der Waals surface area contributed by atoms with Gasteiger partial charge in [-0.05, 0) is 30.7 Å². The number of hydrogen-bond acceptors (Lipinski definition) is 10. The number of aromatic hydroxyl groups is 1. The monoisotopic (exact) mass is 559 g/mol. The molecule has 2 rings (SSSR count). The molecule has 5 amide bonds. The number of carbonyl (C=O) groups excluding carboxylic acids is 5. The first-order chi connectivity index (χ1) is 18.8. The molecule has 16 nitrogen and oxygen atoms in total. The van der Waals surface area contributed by atoms with Crippen molar-refractivity contribution in [2.75, 3.05) is 18.9 Å². The zero-order chi connectivity index (χ0) is 30.0. The van der Waals surface area contributed by atoms with Gasteiger partial charge in [-0.2, -0.15) is 0 Å². The van der Waals surface area contributed by atoms with Crippen molar-refractivity contribution >= 4 is 40.9 Å². The van der Waals surface area contributed by atoms with Gasteiger partial charge >= 0.3 is 5.69 Å². The number of para-hydroxylation sites is 1. The minimum atomic E-state index is -1.40. The number of phenolic OH excluding ortho intramolecular Hbond substituents is 1. The second kappa shape index (κ2) is 14.1. The number of rotatable bonds is 13. The summed E-state index contributed by atoms with van der Waals surface area (Å²) in [6.07, 6.45) is -0.231. The number of anilines is 1. The van der Waals surface area contributed by atoms with Crippen LogP contribution in [0.25, 0.3) is 0 Å². The maximum absolute atomic E-state index is 12.5. The van der Waals surface area contributed by atoms with E-state index in [0.29, 0.717) is 0 Å². The molecule has 3 atom stereocenters. The average molecular weight is 560 g/mol. The smallest absolute Gasteiger partial charge is 0.310 e. The predicted molar refractivity (Wildman–Crippen MR) is 139 cm³/mol. The number of nitrogens with zero attached hydrogens (tertiary/aromatic N) is 1. The molecule has 214 valence electrons. The van der Waals surface area contributed by atoms with E-state index in [1.54, 1.807) is 12.1 Å². The molecule has 0 fully saturated rings. The van der Waals surface area contributed by atoms with Crippen LogP contribution in [-0.4, -0.2) is 75.9 Å². The third-order valence-electron chi connectivity index (χ3n) is 5.54. The summed E-state index contributed by atoms with van der Waals surface area (Å²) in [5, 5.41) is 39.2. The molecule has 0 aliphatic heterocycles. The van der Waals surface area contributed by atoms with Gasteiger partial charge in [0.15, 0.2) is 5.75 Å². The van der Waals surface area contributed by atoms with E-state index in [9.17, 15) is 44.3 Å². The van der Waals surface area contributed by atoms with Crippen LogP contribution in [0, 0.1) is 10.1 Å². The number of nitro benzene ring substituents is 1. The lowest BCUT2D eigenvalue weighted by Crippen LogP contribution is -2.55. The van der Waals surface area contributed by atoms with Gasteiger partial charge in [-0.1, -0.05) is 18.2 Å². The number of hydrogen-bond donors (Lipinski definition) is 8. The molecule has 0 saturated heterocycles. The number of carbonyl (C=O) groups is 5. The lowest BCUT2D eigenvalue weighted by molar-refractivity contribution is -0.385. The van der Waals surface area contributed by atoms with Crippen LogP contribution in [0.2, 0.25) is 0 Å². The van der Waals surface area contributed by atoms with Gasteiger partial charge in [-0.25, -0.2) is 0 Å². The van der Waals surface area contributed by atoms with Gasteiger partial charge in [0.2, 0.25) is 23.6 Å². The van der Waals surface area contributed by atoms with Gasteiger partial charge in [0.05, 0.1) is 23.6 Å². The number of nitrogens with two attached hydrogens (primary N) is 2. The van der Waals surface area contributed by atoms with Crippen LogP contribution < -0.4 is 32.7 Å². The number of aliphatic hydroxyl groups is 1. The molecular formula is C24H29N7O9. The quantitative estimate of drug-likeness (QED) is 0.0745. The van der Waals surface area contributed by atoms with E-state index in [1.165, 1.54) is 25.1 Å². The fourth-order valence-electron chi connectivity index (χ4n) is 3.38. The Morgan fingerprint density at radius 1 is 1.00 bits per heavy atom. The van der Waals surface area contributed by atoms with Crippen molar-refractivity contribution in [3.8, 4) is 5.75 Å². The highest BCUT2D eigenvalue weighted by molar-refractivity contribution is 6.02. The summed E-state index contributed by atoms with van der Waals surface area (Å²) in [5.41, 5.74) is 10.9.